The van der Waals surface area contributed by atoms with Crippen LogP contribution in [0.5, 0.6) is 0 Å². The SMILES string of the molecule is O=C(O)c1ccc2c(c1)ncn2Cc1cncs1. The van der Waals surface area contributed by atoms with Gasteiger partial charge in [-0.3, -0.25) is 4.98 Å². The zero-order chi connectivity index (χ0) is 12.5. The van der Waals surface area contributed by atoms with Crippen molar-refractivity contribution in [2.45, 2.75) is 6.54 Å². The maximum absolute atomic E-state index is 10.9. The number of benzene rings is 1. The van der Waals surface area contributed by atoms with Crippen LogP contribution in [0.15, 0.2) is 36.2 Å². The minimum absolute atomic E-state index is 0.255. The molecule has 1 aromatic carbocycles. The highest BCUT2D eigenvalue weighted by atomic mass is 32.1. The number of imidazole rings is 1. The fraction of sp³-hybridized carbons (Fsp3) is 0.0833. The van der Waals surface area contributed by atoms with Gasteiger partial charge in [0.15, 0.2) is 0 Å². The first-order chi connectivity index (χ1) is 8.74. The molecular formula is C12H9N3O2S. The van der Waals surface area contributed by atoms with E-state index in [4.69, 9.17) is 5.11 Å². The summed E-state index contributed by atoms with van der Waals surface area (Å²) in [5.74, 6) is -0.936. The van der Waals surface area contributed by atoms with Crippen molar-refractivity contribution in [3.8, 4) is 0 Å². The van der Waals surface area contributed by atoms with Crippen LogP contribution < -0.4 is 0 Å². The number of fused-ring (bicyclic) bond motifs is 1. The number of aromatic nitrogens is 3. The minimum Gasteiger partial charge on any atom is -0.478 e. The molecule has 0 fully saturated rings. The number of rotatable bonds is 3. The fourth-order valence-corrected chi connectivity index (χ4v) is 2.40. The Kier molecular flexibility index (Phi) is 2.56. The van der Waals surface area contributed by atoms with E-state index in [2.05, 4.69) is 9.97 Å². The second-order valence-electron chi connectivity index (χ2n) is 3.85. The first-order valence-corrected chi connectivity index (χ1v) is 6.17. The molecular weight excluding hydrogens is 250 g/mol. The molecule has 0 amide bonds. The number of thiazole rings is 1. The Morgan fingerprint density at radius 1 is 1.44 bits per heavy atom. The van der Waals surface area contributed by atoms with E-state index in [0.717, 1.165) is 10.4 Å². The molecule has 3 aromatic rings. The Morgan fingerprint density at radius 2 is 2.33 bits per heavy atom. The predicted molar refractivity (Wildman–Crippen MR) is 67.9 cm³/mol. The Labute approximate surface area is 106 Å². The van der Waals surface area contributed by atoms with E-state index in [1.54, 1.807) is 41.4 Å². The lowest BCUT2D eigenvalue weighted by Gasteiger charge is -2.01. The predicted octanol–water partition coefficient (Wildman–Crippen LogP) is 2.24. The Morgan fingerprint density at radius 3 is 3.06 bits per heavy atom. The number of hydrogen-bond donors (Lipinski definition) is 1. The first-order valence-electron chi connectivity index (χ1n) is 5.29. The van der Waals surface area contributed by atoms with Gasteiger partial charge in [-0.25, -0.2) is 9.78 Å². The number of aromatic carboxylic acids is 1. The van der Waals surface area contributed by atoms with Crippen LogP contribution >= 0.6 is 11.3 Å². The van der Waals surface area contributed by atoms with Crippen molar-refractivity contribution in [3.05, 3.63) is 46.7 Å². The van der Waals surface area contributed by atoms with E-state index in [-0.39, 0.29) is 5.56 Å². The number of carboxylic acid groups (broad SMARTS) is 1. The second kappa shape index (κ2) is 4.23. The van der Waals surface area contributed by atoms with E-state index in [1.165, 1.54) is 0 Å². The molecule has 1 N–H and O–H groups in total. The van der Waals surface area contributed by atoms with Crippen LogP contribution in [0.4, 0.5) is 0 Å². The van der Waals surface area contributed by atoms with Gasteiger partial charge in [-0.2, -0.15) is 0 Å². The third-order valence-corrected chi connectivity index (χ3v) is 3.44. The molecule has 3 rings (SSSR count). The van der Waals surface area contributed by atoms with E-state index in [0.29, 0.717) is 12.1 Å². The molecule has 0 aliphatic carbocycles. The summed E-state index contributed by atoms with van der Waals surface area (Å²) in [4.78, 5) is 20.3. The standard InChI is InChI=1S/C12H9N3O2S/c16-12(17)8-1-2-11-10(3-8)14-6-15(11)5-9-4-13-7-18-9/h1-4,6-7H,5H2,(H,16,17). The summed E-state index contributed by atoms with van der Waals surface area (Å²) in [5.41, 5.74) is 3.66. The highest BCUT2D eigenvalue weighted by Crippen LogP contribution is 2.17. The number of carboxylic acids is 1. The summed E-state index contributed by atoms with van der Waals surface area (Å²) in [6, 6.07) is 4.96. The van der Waals surface area contributed by atoms with Crippen LogP contribution in [-0.4, -0.2) is 25.6 Å². The molecule has 90 valence electrons. The number of carbonyl (C=O) groups is 1. The summed E-state index contributed by atoms with van der Waals surface area (Å²) >= 11 is 1.58. The van der Waals surface area contributed by atoms with Gasteiger partial charge in [0.1, 0.15) is 0 Å². The number of nitrogens with zero attached hydrogens (tertiary/aromatic N) is 3. The van der Waals surface area contributed by atoms with Gasteiger partial charge >= 0.3 is 5.97 Å². The Bertz CT molecular complexity index is 703. The summed E-state index contributed by atoms with van der Waals surface area (Å²) in [6.07, 6.45) is 3.54. The van der Waals surface area contributed by atoms with Crippen molar-refractivity contribution in [2.75, 3.05) is 0 Å². The largest absolute Gasteiger partial charge is 0.478 e. The average molecular weight is 259 g/mol. The molecule has 0 atom stereocenters. The molecule has 2 heterocycles. The van der Waals surface area contributed by atoms with Gasteiger partial charge in [0.05, 0.1) is 35.0 Å². The number of hydrogen-bond acceptors (Lipinski definition) is 4. The van der Waals surface area contributed by atoms with Crippen LogP contribution in [0.1, 0.15) is 15.2 Å². The van der Waals surface area contributed by atoms with E-state index in [9.17, 15) is 4.79 Å². The van der Waals surface area contributed by atoms with Gasteiger partial charge in [-0.05, 0) is 18.2 Å². The lowest BCUT2D eigenvalue weighted by Crippen LogP contribution is -1.97. The van der Waals surface area contributed by atoms with E-state index < -0.39 is 5.97 Å². The van der Waals surface area contributed by atoms with Crippen molar-refractivity contribution in [3.63, 3.8) is 0 Å². The van der Waals surface area contributed by atoms with Crippen LogP contribution in [0.3, 0.4) is 0 Å². The molecule has 2 aromatic heterocycles. The van der Waals surface area contributed by atoms with E-state index in [1.807, 2.05) is 10.8 Å². The smallest absolute Gasteiger partial charge is 0.335 e. The Balaban J connectivity index is 2.02. The fourth-order valence-electron chi connectivity index (χ4n) is 1.81. The third kappa shape index (κ3) is 1.86. The van der Waals surface area contributed by atoms with Crippen molar-refractivity contribution < 1.29 is 9.90 Å². The van der Waals surface area contributed by atoms with Crippen molar-refractivity contribution in [1.29, 1.82) is 0 Å². The minimum atomic E-state index is -0.936. The molecule has 0 saturated heterocycles. The monoisotopic (exact) mass is 259 g/mol. The zero-order valence-electron chi connectivity index (χ0n) is 9.28. The summed E-state index contributed by atoms with van der Waals surface area (Å²) < 4.78 is 1.98. The van der Waals surface area contributed by atoms with Gasteiger partial charge in [0.2, 0.25) is 0 Å². The van der Waals surface area contributed by atoms with Gasteiger partial charge in [0, 0.05) is 11.1 Å². The summed E-state index contributed by atoms with van der Waals surface area (Å²) in [7, 11) is 0. The van der Waals surface area contributed by atoms with Crippen LogP contribution in [-0.2, 0) is 6.54 Å². The molecule has 0 bridgehead atoms. The molecule has 0 radical (unpaired) electrons. The van der Waals surface area contributed by atoms with Crippen molar-refractivity contribution in [1.82, 2.24) is 14.5 Å². The quantitative estimate of drug-likeness (QED) is 0.783. The maximum Gasteiger partial charge on any atom is 0.335 e. The van der Waals surface area contributed by atoms with Gasteiger partial charge < -0.3 is 9.67 Å². The third-order valence-electron chi connectivity index (χ3n) is 2.68. The molecule has 0 aliphatic rings. The van der Waals surface area contributed by atoms with E-state index >= 15 is 0 Å². The van der Waals surface area contributed by atoms with Crippen LogP contribution in [0.2, 0.25) is 0 Å². The molecule has 6 heteroatoms. The average Bonchev–Trinajstić information content (AvgIpc) is 2.99. The molecule has 5 nitrogen and oxygen atoms in total. The lowest BCUT2D eigenvalue weighted by molar-refractivity contribution is 0.0697. The van der Waals surface area contributed by atoms with Gasteiger partial charge in [0.25, 0.3) is 0 Å². The van der Waals surface area contributed by atoms with Crippen LogP contribution in [0, 0.1) is 0 Å². The van der Waals surface area contributed by atoms with Crippen molar-refractivity contribution in [2.24, 2.45) is 0 Å². The Hall–Kier alpha value is -2.21. The lowest BCUT2D eigenvalue weighted by atomic mass is 10.2. The summed E-state index contributed by atoms with van der Waals surface area (Å²) in [5, 5.41) is 8.92. The van der Waals surface area contributed by atoms with Crippen LogP contribution in [0.25, 0.3) is 11.0 Å². The highest BCUT2D eigenvalue weighted by molar-refractivity contribution is 7.09. The topological polar surface area (TPSA) is 68.0 Å². The maximum atomic E-state index is 10.9. The van der Waals surface area contributed by atoms with Gasteiger partial charge in [-0.1, -0.05) is 0 Å². The first kappa shape index (κ1) is 10.9. The molecule has 0 spiro atoms. The molecule has 18 heavy (non-hydrogen) atoms. The molecule has 0 aliphatic heterocycles. The molecule has 0 saturated carbocycles. The second-order valence-corrected chi connectivity index (χ2v) is 4.82. The summed E-state index contributed by atoms with van der Waals surface area (Å²) in [6.45, 7) is 0.702. The van der Waals surface area contributed by atoms with Gasteiger partial charge in [-0.15, -0.1) is 11.3 Å². The molecule has 0 unspecified atom stereocenters. The normalized spacial score (nSPS) is 10.9. The van der Waals surface area contributed by atoms with Crippen molar-refractivity contribution >= 4 is 28.3 Å². The zero-order valence-corrected chi connectivity index (χ0v) is 10.1. The highest BCUT2D eigenvalue weighted by Gasteiger charge is 2.08.